The summed E-state index contributed by atoms with van der Waals surface area (Å²) >= 11 is 18.2. The average Bonchev–Trinajstić information content (AvgIpc) is 2.61. The Morgan fingerprint density at radius 3 is 2.40 bits per heavy atom. The minimum atomic E-state index is -1.76. The molecule has 128 valence electrons. The monoisotopic (exact) mass is 393 g/mol. The number of rotatable bonds is 4. The zero-order valence-corrected chi connectivity index (χ0v) is 15.2. The van der Waals surface area contributed by atoms with E-state index < -0.39 is 15.9 Å². The SMILES string of the molecule is O=C(N[C@H](Nc1cccc2ccccc12)C(Cl)(Cl)Cl)c1ccccn1. The third kappa shape index (κ3) is 4.34. The van der Waals surface area contributed by atoms with E-state index in [0.29, 0.717) is 0 Å². The van der Waals surface area contributed by atoms with Crippen LogP contribution >= 0.6 is 34.8 Å². The molecule has 7 heteroatoms. The van der Waals surface area contributed by atoms with Crippen LogP contribution in [0.3, 0.4) is 0 Å². The minimum absolute atomic E-state index is 0.237. The van der Waals surface area contributed by atoms with Crippen molar-refractivity contribution in [2.75, 3.05) is 5.32 Å². The second-order valence-corrected chi connectivity index (χ2v) is 7.70. The van der Waals surface area contributed by atoms with Crippen molar-refractivity contribution in [3.63, 3.8) is 0 Å². The molecule has 0 aliphatic carbocycles. The topological polar surface area (TPSA) is 54.0 Å². The molecular formula is C18H14Cl3N3O. The highest BCUT2D eigenvalue weighted by Crippen LogP contribution is 2.33. The summed E-state index contributed by atoms with van der Waals surface area (Å²) in [6.45, 7) is 0. The fourth-order valence-electron chi connectivity index (χ4n) is 2.41. The highest BCUT2D eigenvalue weighted by Gasteiger charge is 2.34. The molecular weight excluding hydrogens is 381 g/mol. The van der Waals surface area contributed by atoms with Crippen molar-refractivity contribution in [3.05, 3.63) is 72.6 Å². The summed E-state index contributed by atoms with van der Waals surface area (Å²) in [4.78, 5) is 16.4. The third-order valence-corrected chi connectivity index (χ3v) is 4.24. The van der Waals surface area contributed by atoms with Crippen molar-refractivity contribution in [2.24, 2.45) is 0 Å². The summed E-state index contributed by atoms with van der Waals surface area (Å²) in [6.07, 6.45) is 0.579. The van der Waals surface area contributed by atoms with Crippen LogP contribution in [0.5, 0.6) is 0 Å². The molecule has 2 N–H and O–H groups in total. The largest absolute Gasteiger partial charge is 0.361 e. The standard InChI is InChI=1S/C18H14Cl3N3O/c19-18(20,21)17(24-16(25)15-9-3-4-11-22-15)23-14-10-5-7-12-6-1-2-8-13(12)14/h1-11,17,23H,(H,24,25)/t17-/m0/s1. The molecule has 0 saturated heterocycles. The van der Waals surface area contributed by atoms with Crippen molar-refractivity contribution in [3.8, 4) is 0 Å². The molecule has 0 saturated carbocycles. The maximum atomic E-state index is 12.4. The van der Waals surface area contributed by atoms with E-state index in [9.17, 15) is 4.79 Å². The van der Waals surface area contributed by atoms with Crippen LogP contribution in [0.2, 0.25) is 0 Å². The molecule has 0 aliphatic rings. The van der Waals surface area contributed by atoms with Crippen LogP contribution in [0.25, 0.3) is 10.8 Å². The molecule has 4 nitrogen and oxygen atoms in total. The predicted molar refractivity (Wildman–Crippen MR) is 103 cm³/mol. The number of fused-ring (bicyclic) bond motifs is 1. The van der Waals surface area contributed by atoms with Crippen molar-refractivity contribution in [1.29, 1.82) is 0 Å². The van der Waals surface area contributed by atoms with Gasteiger partial charge in [-0.2, -0.15) is 0 Å². The molecule has 1 heterocycles. The Hall–Kier alpha value is -2.01. The van der Waals surface area contributed by atoms with Crippen LogP contribution in [0, 0.1) is 0 Å². The second-order valence-electron chi connectivity index (χ2n) is 5.33. The maximum absolute atomic E-state index is 12.4. The van der Waals surface area contributed by atoms with Crippen molar-refractivity contribution in [1.82, 2.24) is 10.3 Å². The number of hydrogen-bond acceptors (Lipinski definition) is 3. The number of aromatic nitrogens is 1. The number of anilines is 1. The number of nitrogens with zero attached hydrogens (tertiary/aromatic N) is 1. The minimum Gasteiger partial charge on any atom is -0.361 e. The first-order valence-corrected chi connectivity index (χ1v) is 8.61. The van der Waals surface area contributed by atoms with E-state index >= 15 is 0 Å². The lowest BCUT2D eigenvalue weighted by Crippen LogP contribution is -2.49. The number of amides is 1. The van der Waals surface area contributed by atoms with Crippen molar-refractivity contribution in [2.45, 2.75) is 9.96 Å². The van der Waals surface area contributed by atoms with Gasteiger partial charge in [0.05, 0.1) is 0 Å². The lowest BCUT2D eigenvalue weighted by molar-refractivity contribution is 0.0937. The van der Waals surface area contributed by atoms with Gasteiger partial charge >= 0.3 is 0 Å². The number of carbonyl (C=O) groups is 1. The third-order valence-electron chi connectivity index (χ3n) is 3.59. The molecule has 0 unspecified atom stereocenters. The van der Waals surface area contributed by atoms with Gasteiger partial charge in [0.1, 0.15) is 11.9 Å². The van der Waals surface area contributed by atoms with Gasteiger partial charge in [-0.1, -0.05) is 77.3 Å². The summed E-state index contributed by atoms with van der Waals surface area (Å²) in [5.74, 6) is -0.440. The van der Waals surface area contributed by atoms with Gasteiger partial charge in [0.15, 0.2) is 0 Å². The van der Waals surface area contributed by atoms with Gasteiger partial charge in [-0.25, -0.2) is 0 Å². The van der Waals surface area contributed by atoms with Crippen LogP contribution in [0.1, 0.15) is 10.5 Å². The first-order valence-electron chi connectivity index (χ1n) is 7.48. The maximum Gasteiger partial charge on any atom is 0.271 e. The molecule has 0 spiro atoms. The molecule has 1 amide bonds. The number of hydrogen-bond donors (Lipinski definition) is 2. The number of benzene rings is 2. The average molecular weight is 395 g/mol. The van der Waals surface area contributed by atoms with Crippen LogP contribution in [-0.4, -0.2) is 20.8 Å². The van der Waals surface area contributed by atoms with E-state index in [0.717, 1.165) is 16.5 Å². The van der Waals surface area contributed by atoms with Crippen molar-refractivity contribution >= 4 is 57.2 Å². The zero-order valence-electron chi connectivity index (χ0n) is 12.9. The lowest BCUT2D eigenvalue weighted by atomic mass is 10.1. The zero-order chi connectivity index (χ0) is 17.9. The number of pyridine rings is 1. The van der Waals surface area contributed by atoms with Gasteiger partial charge in [-0.3, -0.25) is 9.78 Å². The number of alkyl halides is 3. The summed E-state index contributed by atoms with van der Waals surface area (Å²) < 4.78 is -1.76. The van der Waals surface area contributed by atoms with Gasteiger partial charge < -0.3 is 10.6 Å². The smallest absolute Gasteiger partial charge is 0.271 e. The molecule has 0 aliphatic heterocycles. The van der Waals surface area contributed by atoms with Gasteiger partial charge in [0.25, 0.3) is 5.91 Å². The first-order chi connectivity index (χ1) is 11.9. The predicted octanol–water partition coefficient (Wildman–Crippen LogP) is 4.77. The van der Waals surface area contributed by atoms with Gasteiger partial charge in [0.2, 0.25) is 3.79 Å². The highest BCUT2D eigenvalue weighted by atomic mass is 35.6. The summed E-state index contributed by atoms with van der Waals surface area (Å²) in [5, 5.41) is 7.77. The Morgan fingerprint density at radius 1 is 0.960 bits per heavy atom. The van der Waals surface area contributed by atoms with Crippen LogP contribution in [0.15, 0.2) is 66.9 Å². The van der Waals surface area contributed by atoms with E-state index in [2.05, 4.69) is 15.6 Å². The summed E-state index contributed by atoms with van der Waals surface area (Å²) in [7, 11) is 0. The Morgan fingerprint density at radius 2 is 1.68 bits per heavy atom. The van der Waals surface area contributed by atoms with E-state index in [1.807, 2.05) is 42.5 Å². The number of nitrogens with one attached hydrogen (secondary N) is 2. The Labute approximate surface area is 160 Å². The van der Waals surface area contributed by atoms with E-state index in [4.69, 9.17) is 34.8 Å². The second kappa shape index (κ2) is 7.48. The lowest BCUT2D eigenvalue weighted by Gasteiger charge is -2.27. The number of carbonyl (C=O) groups excluding carboxylic acids is 1. The van der Waals surface area contributed by atoms with Gasteiger partial charge in [-0.05, 0) is 23.6 Å². The van der Waals surface area contributed by atoms with Crippen molar-refractivity contribution < 1.29 is 4.79 Å². The van der Waals surface area contributed by atoms with Crippen LogP contribution < -0.4 is 10.6 Å². The summed E-state index contributed by atoms with van der Waals surface area (Å²) in [6, 6.07) is 18.6. The quantitative estimate of drug-likeness (QED) is 0.495. The molecule has 25 heavy (non-hydrogen) atoms. The fraction of sp³-hybridized carbons (Fsp3) is 0.111. The number of halogens is 3. The normalized spacial score (nSPS) is 12.6. The van der Waals surface area contributed by atoms with Gasteiger partial charge in [-0.15, -0.1) is 0 Å². The molecule has 3 rings (SSSR count). The Balaban J connectivity index is 1.88. The molecule has 0 bridgehead atoms. The van der Waals surface area contributed by atoms with E-state index in [1.165, 1.54) is 6.20 Å². The van der Waals surface area contributed by atoms with Crippen LogP contribution in [0.4, 0.5) is 5.69 Å². The summed E-state index contributed by atoms with van der Waals surface area (Å²) in [5.41, 5.74) is 0.984. The highest BCUT2D eigenvalue weighted by molar-refractivity contribution is 6.68. The van der Waals surface area contributed by atoms with Crippen LogP contribution in [-0.2, 0) is 0 Å². The molecule has 1 atom stereocenters. The first kappa shape index (κ1) is 17.8. The molecule has 2 aromatic carbocycles. The fourth-order valence-corrected chi connectivity index (χ4v) is 2.74. The Kier molecular flexibility index (Phi) is 5.33. The van der Waals surface area contributed by atoms with Gasteiger partial charge in [0, 0.05) is 17.3 Å². The van der Waals surface area contributed by atoms with E-state index in [1.54, 1.807) is 18.2 Å². The molecule has 3 aromatic rings. The van der Waals surface area contributed by atoms with E-state index in [-0.39, 0.29) is 5.69 Å². The Bertz CT molecular complexity index is 876. The molecule has 1 aromatic heterocycles. The molecule has 0 fully saturated rings. The molecule has 0 radical (unpaired) electrons.